The van der Waals surface area contributed by atoms with Gasteiger partial charge in [0.05, 0.1) is 17.4 Å². The van der Waals surface area contributed by atoms with E-state index < -0.39 is 0 Å². The van der Waals surface area contributed by atoms with Gasteiger partial charge in [-0.05, 0) is 67.7 Å². The molecule has 3 aromatic carbocycles. The van der Waals surface area contributed by atoms with Gasteiger partial charge < -0.3 is 5.11 Å². The lowest BCUT2D eigenvalue weighted by atomic mass is 10.0. The Balaban J connectivity index is 1.50. The standard InChI is InChI=1S/C31H32N4O2S/c1-22-10-6-8-14-27(22)34-29(36)26(30(37)35(31(34)38)28-15-9-7-11-23(28)2)20-32-25-16-18-33(19-17-25)21-24-12-4-3-5-13-24/h3-15,20,25,36H,16-19,21H2,1-2H3. The van der Waals surface area contributed by atoms with Crippen molar-refractivity contribution in [1.82, 2.24) is 14.0 Å². The summed E-state index contributed by atoms with van der Waals surface area (Å²) >= 11 is 5.80. The third-order valence-corrected chi connectivity index (χ3v) is 7.57. The number of aliphatic imine (C=N–C) groups is 1. The molecule has 0 saturated carbocycles. The van der Waals surface area contributed by atoms with Crippen LogP contribution in [0.5, 0.6) is 5.88 Å². The number of rotatable bonds is 6. The maximum absolute atomic E-state index is 13.8. The second-order valence-corrected chi connectivity index (χ2v) is 10.2. The molecule has 1 aliphatic heterocycles. The summed E-state index contributed by atoms with van der Waals surface area (Å²) < 4.78 is 3.28. The van der Waals surface area contributed by atoms with Crippen LogP contribution in [0, 0.1) is 18.6 Å². The van der Waals surface area contributed by atoms with E-state index in [2.05, 4.69) is 29.2 Å². The van der Waals surface area contributed by atoms with E-state index in [1.165, 1.54) is 10.1 Å². The van der Waals surface area contributed by atoms with Gasteiger partial charge in [-0.1, -0.05) is 66.7 Å². The Labute approximate surface area is 228 Å². The molecule has 6 nitrogen and oxygen atoms in total. The van der Waals surface area contributed by atoms with Gasteiger partial charge in [-0.3, -0.25) is 23.8 Å². The molecule has 1 fully saturated rings. The molecule has 0 bridgehead atoms. The normalized spacial score (nSPS) is 14.8. The van der Waals surface area contributed by atoms with Crippen molar-refractivity contribution in [3.05, 3.63) is 116 Å². The predicted octanol–water partition coefficient (Wildman–Crippen LogP) is 5.76. The fourth-order valence-electron chi connectivity index (χ4n) is 5.03. The first-order chi connectivity index (χ1) is 18.4. The Morgan fingerprint density at radius 3 is 2.03 bits per heavy atom. The molecule has 194 valence electrons. The van der Waals surface area contributed by atoms with Gasteiger partial charge in [-0.2, -0.15) is 0 Å². The molecule has 4 aromatic rings. The number of para-hydroxylation sites is 2. The molecule has 2 heterocycles. The van der Waals surface area contributed by atoms with Crippen LogP contribution in [0.4, 0.5) is 0 Å². The highest BCUT2D eigenvalue weighted by Crippen LogP contribution is 2.25. The second-order valence-electron chi connectivity index (χ2n) is 9.84. The number of hydrogen-bond donors (Lipinski definition) is 1. The van der Waals surface area contributed by atoms with Crippen molar-refractivity contribution < 1.29 is 5.11 Å². The Bertz CT molecular complexity index is 1580. The summed E-state index contributed by atoms with van der Waals surface area (Å²) in [5.41, 5.74) is 4.32. The number of piperidine rings is 1. The van der Waals surface area contributed by atoms with E-state index in [1.54, 1.807) is 10.8 Å². The maximum Gasteiger partial charge on any atom is 0.271 e. The molecule has 0 aliphatic carbocycles. The second kappa shape index (κ2) is 11.3. The van der Waals surface area contributed by atoms with Crippen molar-refractivity contribution in [2.24, 2.45) is 4.99 Å². The van der Waals surface area contributed by atoms with E-state index in [0.717, 1.165) is 49.3 Å². The van der Waals surface area contributed by atoms with E-state index in [1.807, 2.05) is 68.4 Å². The number of hydrogen-bond acceptors (Lipinski definition) is 5. The first-order valence-electron chi connectivity index (χ1n) is 13.0. The highest BCUT2D eigenvalue weighted by atomic mass is 32.1. The van der Waals surface area contributed by atoms with Crippen LogP contribution in [0.15, 0.2) is 88.6 Å². The molecule has 5 rings (SSSR count). The number of aromatic hydroxyl groups is 1. The number of benzene rings is 3. The molecule has 0 unspecified atom stereocenters. The number of aromatic nitrogens is 2. The summed E-state index contributed by atoms with van der Waals surface area (Å²) in [6.07, 6.45) is 3.34. The Hall–Kier alpha value is -3.81. The van der Waals surface area contributed by atoms with Crippen molar-refractivity contribution in [1.29, 1.82) is 0 Å². The van der Waals surface area contributed by atoms with Crippen molar-refractivity contribution in [2.75, 3.05) is 13.1 Å². The van der Waals surface area contributed by atoms with Crippen LogP contribution in [0.1, 0.15) is 35.1 Å². The Morgan fingerprint density at radius 2 is 1.42 bits per heavy atom. The van der Waals surface area contributed by atoms with Gasteiger partial charge in [0, 0.05) is 25.8 Å². The fraction of sp³-hybridized carbons (Fsp3) is 0.258. The van der Waals surface area contributed by atoms with Crippen molar-refractivity contribution in [2.45, 2.75) is 39.3 Å². The Morgan fingerprint density at radius 1 is 0.868 bits per heavy atom. The van der Waals surface area contributed by atoms with Crippen molar-refractivity contribution in [3.63, 3.8) is 0 Å². The van der Waals surface area contributed by atoms with Crippen LogP contribution < -0.4 is 5.56 Å². The molecule has 1 aromatic heterocycles. The van der Waals surface area contributed by atoms with E-state index >= 15 is 0 Å². The third kappa shape index (κ3) is 5.26. The predicted molar refractivity (Wildman–Crippen MR) is 156 cm³/mol. The summed E-state index contributed by atoms with van der Waals surface area (Å²) in [7, 11) is 0. The lowest BCUT2D eigenvalue weighted by Crippen LogP contribution is -2.35. The van der Waals surface area contributed by atoms with Gasteiger partial charge in [0.2, 0.25) is 5.88 Å². The van der Waals surface area contributed by atoms with E-state index in [0.29, 0.717) is 5.69 Å². The quantitative estimate of drug-likeness (QED) is 0.257. The third-order valence-electron chi connectivity index (χ3n) is 7.20. The number of likely N-dealkylation sites (tertiary alicyclic amines) is 1. The summed E-state index contributed by atoms with van der Waals surface area (Å²) in [5, 5.41) is 11.4. The Kier molecular flexibility index (Phi) is 7.67. The molecule has 1 saturated heterocycles. The zero-order chi connectivity index (χ0) is 26.6. The van der Waals surface area contributed by atoms with Crippen molar-refractivity contribution >= 4 is 18.4 Å². The van der Waals surface area contributed by atoms with Gasteiger partial charge >= 0.3 is 0 Å². The van der Waals surface area contributed by atoms with Crippen LogP contribution in [0.2, 0.25) is 0 Å². The van der Waals surface area contributed by atoms with Gasteiger partial charge in [-0.15, -0.1) is 0 Å². The molecule has 0 radical (unpaired) electrons. The number of nitrogens with zero attached hydrogens (tertiary/aromatic N) is 4. The topological polar surface area (TPSA) is 62.8 Å². The summed E-state index contributed by atoms with van der Waals surface area (Å²) in [4.78, 5) is 21.0. The molecule has 7 heteroatoms. The molecule has 1 N–H and O–H groups in total. The SMILES string of the molecule is Cc1ccccc1-n1c(O)c(C=NC2CCN(Cc3ccccc3)CC2)c(=O)n(-c2ccccc2C)c1=S. The molecule has 0 spiro atoms. The van der Waals surface area contributed by atoms with E-state index in [9.17, 15) is 9.90 Å². The lowest BCUT2D eigenvalue weighted by Gasteiger charge is -2.30. The van der Waals surface area contributed by atoms with Gasteiger partial charge in [0.1, 0.15) is 5.56 Å². The molecule has 0 atom stereocenters. The highest BCUT2D eigenvalue weighted by Gasteiger charge is 2.22. The van der Waals surface area contributed by atoms with Crippen LogP contribution in [-0.4, -0.2) is 44.5 Å². The molecular weight excluding hydrogens is 492 g/mol. The fourth-order valence-corrected chi connectivity index (χ4v) is 5.40. The highest BCUT2D eigenvalue weighted by molar-refractivity contribution is 7.71. The first kappa shape index (κ1) is 25.8. The van der Waals surface area contributed by atoms with Gasteiger partial charge in [-0.25, -0.2) is 0 Å². The number of aryl methyl sites for hydroxylation is 2. The summed E-state index contributed by atoms with van der Waals surface area (Å²) in [6.45, 7) is 6.69. The summed E-state index contributed by atoms with van der Waals surface area (Å²) in [6, 6.07) is 25.9. The monoisotopic (exact) mass is 524 g/mol. The van der Waals surface area contributed by atoms with Gasteiger partial charge in [0.15, 0.2) is 4.77 Å². The van der Waals surface area contributed by atoms with Crippen LogP contribution in [0.25, 0.3) is 11.4 Å². The molecule has 38 heavy (non-hydrogen) atoms. The average molecular weight is 525 g/mol. The minimum absolute atomic E-state index is 0.0859. The smallest absolute Gasteiger partial charge is 0.271 e. The van der Waals surface area contributed by atoms with Crippen LogP contribution >= 0.6 is 12.2 Å². The minimum atomic E-state index is -0.378. The average Bonchev–Trinajstić information content (AvgIpc) is 2.92. The van der Waals surface area contributed by atoms with E-state index in [-0.39, 0.29) is 27.8 Å². The zero-order valence-corrected chi connectivity index (χ0v) is 22.6. The van der Waals surface area contributed by atoms with E-state index in [4.69, 9.17) is 17.2 Å². The molecule has 0 amide bonds. The molecule has 1 aliphatic rings. The first-order valence-corrected chi connectivity index (χ1v) is 13.4. The van der Waals surface area contributed by atoms with Crippen LogP contribution in [0.3, 0.4) is 0 Å². The van der Waals surface area contributed by atoms with Crippen molar-refractivity contribution in [3.8, 4) is 17.3 Å². The zero-order valence-electron chi connectivity index (χ0n) is 21.7. The maximum atomic E-state index is 13.8. The van der Waals surface area contributed by atoms with Crippen LogP contribution in [-0.2, 0) is 6.54 Å². The molecular formula is C31H32N4O2S. The summed E-state index contributed by atoms with van der Waals surface area (Å²) in [5.74, 6) is -0.190. The lowest BCUT2D eigenvalue weighted by molar-refractivity contribution is 0.206. The minimum Gasteiger partial charge on any atom is -0.494 e. The van der Waals surface area contributed by atoms with Gasteiger partial charge in [0.25, 0.3) is 5.56 Å². The largest absolute Gasteiger partial charge is 0.494 e.